The smallest absolute Gasteiger partial charge is 0.413 e. The van der Waals surface area contributed by atoms with Gasteiger partial charge in [0.15, 0.2) is 5.65 Å². The van der Waals surface area contributed by atoms with Crippen LogP contribution in [0, 0.1) is 0 Å². The molecule has 0 bridgehead atoms. The topological polar surface area (TPSA) is 68.5 Å². The zero-order chi connectivity index (χ0) is 14.7. The number of halogens is 1. The number of hydrogen-bond donors (Lipinski definition) is 1. The van der Waals surface area contributed by atoms with Gasteiger partial charge in [-0.3, -0.25) is 5.32 Å². The molecule has 0 fully saturated rings. The Balaban J connectivity index is 1.66. The fourth-order valence-electron chi connectivity index (χ4n) is 1.80. The number of nitrogens with one attached hydrogen (secondary N) is 1. The molecule has 1 amide bonds. The summed E-state index contributed by atoms with van der Waals surface area (Å²) >= 11 is 6.03. The molecule has 106 valence electrons. The molecule has 0 aliphatic heterocycles. The van der Waals surface area contributed by atoms with Gasteiger partial charge in [0.25, 0.3) is 0 Å². The normalized spacial score (nSPS) is 10.5. The standard InChI is InChI=1S/C14H11ClN4O2/c15-11-8-12(17-13-6-7-16-19(11)13)18-14(20)21-9-10-4-2-1-3-5-10/h1-8H,9H2,(H,17,18,20). The first-order chi connectivity index (χ1) is 10.2. The number of aromatic nitrogens is 3. The number of carbonyl (C=O) groups is 1. The van der Waals surface area contributed by atoms with Crippen molar-refractivity contribution in [2.75, 3.05) is 5.32 Å². The molecule has 6 nitrogen and oxygen atoms in total. The fraction of sp³-hybridized carbons (Fsp3) is 0.0714. The van der Waals surface area contributed by atoms with Crippen LogP contribution in [0.15, 0.2) is 48.7 Å². The van der Waals surface area contributed by atoms with Gasteiger partial charge in [-0.25, -0.2) is 14.3 Å². The van der Waals surface area contributed by atoms with Gasteiger partial charge in [0.1, 0.15) is 17.6 Å². The molecular weight excluding hydrogens is 292 g/mol. The van der Waals surface area contributed by atoms with Crippen LogP contribution in [-0.4, -0.2) is 20.7 Å². The van der Waals surface area contributed by atoms with E-state index >= 15 is 0 Å². The number of benzene rings is 1. The third-order valence-electron chi connectivity index (χ3n) is 2.76. The number of rotatable bonds is 3. The van der Waals surface area contributed by atoms with E-state index in [2.05, 4.69) is 15.4 Å². The SMILES string of the molecule is O=C(Nc1cc(Cl)n2nccc2n1)OCc1ccccc1. The molecule has 3 aromatic rings. The summed E-state index contributed by atoms with van der Waals surface area (Å²) in [6, 6.07) is 12.6. The van der Waals surface area contributed by atoms with E-state index in [0.717, 1.165) is 5.56 Å². The Kier molecular flexibility index (Phi) is 3.70. The van der Waals surface area contributed by atoms with Crippen molar-refractivity contribution in [1.29, 1.82) is 0 Å². The fourth-order valence-corrected chi connectivity index (χ4v) is 2.04. The largest absolute Gasteiger partial charge is 0.444 e. The molecule has 0 unspecified atom stereocenters. The minimum Gasteiger partial charge on any atom is -0.444 e. The van der Waals surface area contributed by atoms with Crippen LogP contribution in [0.3, 0.4) is 0 Å². The van der Waals surface area contributed by atoms with Gasteiger partial charge in [-0.05, 0) is 5.56 Å². The molecule has 0 atom stereocenters. The van der Waals surface area contributed by atoms with Crippen molar-refractivity contribution in [2.45, 2.75) is 6.61 Å². The first-order valence-corrected chi connectivity index (χ1v) is 6.58. The second-order valence-corrected chi connectivity index (χ2v) is 4.64. The van der Waals surface area contributed by atoms with Crippen LogP contribution in [0.4, 0.5) is 10.6 Å². The minimum atomic E-state index is -0.591. The summed E-state index contributed by atoms with van der Waals surface area (Å²) in [6.07, 6.45) is 0.984. The maximum atomic E-state index is 11.7. The molecular formula is C14H11ClN4O2. The lowest BCUT2D eigenvalue weighted by Crippen LogP contribution is -2.15. The molecule has 0 saturated carbocycles. The van der Waals surface area contributed by atoms with Crippen LogP contribution in [0.5, 0.6) is 0 Å². The molecule has 21 heavy (non-hydrogen) atoms. The van der Waals surface area contributed by atoms with Gasteiger partial charge in [-0.2, -0.15) is 5.10 Å². The summed E-state index contributed by atoms with van der Waals surface area (Å²) in [5.41, 5.74) is 1.45. The summed E-state index contributed by atoms with van der Waals surface area (Å²) in [4.78, 5) is 15.9. The molecule has 3 rings (SSSR count). The maximum Gasteiger partial charge on any atom is 0.413 e. The average Bonchev–Trinajstić information content (AvgIpc) is 2.95. The van der Waals surface area contributed by atoms with Crippen LogP contribution in [0.1, 0.15) is 5.56 Å². The van der Waals surface area contributed by atoms with E-state index in [-0.39, 0.29) is 6.61 Å². The Morgan fingerprint density at radius 1 is 1.29 bits per heavy atom. The van der Waals surface area contributed by atoms with E-state index in [0.29, 0.717) is 16.6 Å². The molecule has 0 aliphatic rings. The Morgan fingerprint density at radius 3 is 2.90 bits per heavy atom. The van der Waals surface area contributed by atoms with Crippen molar-refractivity contribution in [3.63, 3.8) is 0 Å². The van der Waals surface area contributed by atoms with Crippen LogP contribution in [-0.2, 0) is 11.3 Å². The predicted octanol–water partition coefficient (Wildman–Crippen LogP) is 3.13. The third kappa shape index (κ3) is 3.11. The maximum absolute atomic E-state index is 11.7. The van der Waals surface area contributed by atoms with E-state index in [1.807, 2.05) is 30.3 Å². The Labute approximate surface area is 125 Å². The molecule has 2 heterocycles. The monoisotopic (exact) mass is 302 g/mol. The number of fused-ring (bicyclic) bond motifs is 1. The third-order valence-corrected chi connectivity index (χ3v) is 3.03. The number of amides is 1. The van der Waals surface area contributed by atoms with E-state index < -0.39 is 6.09 Å². The van der Waals surface area contributed by atoms with E-state index in [4.69, 9.17) is 16.3 Å². The molecule has 0 saturated heterocycles. The van der Waals surface area contributed by atoms with Crippen molar-refractivity contribution < 1.29 is 9.53 Å². The number of ether oxygens (including phenoxy) is 1. The highest BCUT2D eigenvalue weighted by atomic mass is 35.5. The Morgan fingerprint density at radius 2 is 2.10 bits per heavy atom. The van der Waals surface area contributed by atoms with Crippen molar-refractivity contribution >= 4 is 29.2 Å². The van der Waals surface area contributed by atoms with E-state index in [1.54, 1.807) is 12.3 Å². The van der Waals surface area contributed by atoms with Crippen LogP contribution < -0.4 is 5.32 Å². The molecule has 2 aromatic heterocycles. The van der Waals surface area contributed by atoms with Crippen molar-refractivity contribution in [1.82, 2.24) is 14.6 Å². The highest BCUT2D eigenvalue weighted by Gasteiger charge is 2.08. The summed E-state index contributed by atoms with van der Waals surface area (Å²) in [7, 11) is 0. The summed E-state index contributed by atoms with van der Waals surface area (Å²) in [5.74, 6) is 0.311. The quantitative estimate of drug-likeness (QED) is 0.755. The summed E-state index contributed by atoms with van der Waals surface area (Å²) in [5, 5.41) is 6.88. The molecule has 0 spiro atoms. The summed E-state index contributed by atoms with van der Waals surface area (Å²) < 4.78 is 6.57. The van der Waals surface area contributed by atoms with E-state index in [1.165, 1.54) is 10.6 Å². The van der Waals surface area contributed by atoms with Gasteiger partial charge in [-0.1, -0.05) is 41.9 Å². The van der Waals surface area contributed by atoms with Crippen molar-refractivity contribution in [3.05, 3.63) is 59.4 Å². The predicted molar refractivity (Wildman–Crippen MR) is 78.2 cm³/mol. The van der Waals surface area contributed by atoms with Crippen molar-refractivity contribution in [3.8, 4) is 0 Å². The number of hydrogen-bond acceptors (Lipinski definition) is 4. The zero-order valence-electron chi connectivity index (χ0n) is 10.9. The van der Waals surface area contributed by atoms with Gasteiger partial charge in [0.05, 0.1) is 6.20 Å². The van der Waals surface area contributed by atoms with Gasteiger partial charge in [0, 0.05) is 12.1 Å². The van der Waals surface area contributed by atoms with Crippen LogP contribution in [0.25, 0.3) is 5.65 Å². The number of nitrogens with zero attached hydrogens (tertiary/aromatic N) is 3. The number of carbonyl (C=O) groups excluding carboxylic acids is 1. The molecule has 1 N–H and O–H groups in total. The second kappa shape index (κ2) is 5.80. The highest BCUT2D eigenvalue weighted by molar-refractivity contribution is 6.30. The second-order valence-electron chi connectivity index (χ2n) is 4.25. The van der Waals surface area contributed by atoms with Gasteiger partial charge < -0.3 is 4.74 Å². The molecule has 0 aliphatic carbocycles. The lowest BCUT2D eigenvalue weighted by molar-refractivity contribution is 0.155. The minimum absolute atomic E-state index is 0.190. The van der Waals surface area contributed by atoms with E-state index in [9.17, 15) is 4.79 Å². The summed E-state index contributed by atoms with van der Waals surface area (Å²) in [6.45, 7) is 0.190. The van der Waals surface area contributed by atoms with Crippen molar-refractivity contribution in [2.24, 2.45) is 0 Å². The Hall–Kier alpha value is -2.60. The van der Waals surface area contributed by atoms with Crippen LogP contribution >= 0.6 is 11.6 Å². The molecule has 7 heteroatoms. The van der Waals surface area contributed by atoms with Gasteiger partial charge in [0.2, 0.25) is 0 Å². The highest BCUT2D eigenvalue weighted by Crippen LogP contribution is 2.15. The Bertz CT molecular complexity index is 773. The lowest BCUT2D eigenvalue weighted by atomic mass is 10.2. The number of anilines is 1. The lowest BCUT2D eigenvalue weighted by Gasteiger charge is -2.07. The van der Waals surface area contributed by atoms with Crippen LogP contribution in [0.2, 0.25) is 5.15 Å². The van der Waals surface area contributed by atoms with Gasteiger partial charge >= 0.3 is 6.09 Å². The average molecular weight is 303 g/mol. The van der Waals surface area contributed by atoms with Gasteiger partial charge in [-0.15, -0.1) is 0 Å². The molecule has 1 aromatic carbocycles. The first kappa shape index (κ1) is 13.4. The zero-order valence-corrected chi connectivity index (χ0v) is 11.6. The first-order valence-electron chi connectivity index (χ1n) is 6.20. The molecule has 0 radical (unpaired) electrons.